The molecule has 0 saturated carbocycles. The molecule has 0 spiro atoms. The quantitative estimate of drug-likeness (QED) is 0.587. The van der Waals surface area contributed by atoms with Gasteiger partial charge in [0, 0.05) is 17.6 Å². The zero-order valence-electron chi connectivity index (χ0n) is 11.1. The van der Waals surface area contributed by atoms with Gasteiger partial charge < -0.3 is 9.08 Å². The third kappa shape index (κ3) is 3.45. The number of benzene rings is 1. The fourth-order valence-corrected chi connectivity index (χ4v) is 2.88. The SMILES string of the molecule is Cc1cc(OS(=O)(=O)C(F)(F)F)c(N2CCCC2)cc1Br. The molecule has 1 heterocycles. The van der Waals surface area contributed by atoms with Crippen LogP contribution in [0.15, 0.2) is 16.6 Å². The van der Waals surface area contributed by atoms with Crippen molar-refractivity contribution in [3.05, 3.63) is 22.2 Å². The molecule has 0 aliphatic carbocycles. The van der Waals surface area contributed by atoms with Crippen LogP contribution in [0.4, 0.5) is 18.9 Å². The van der Waals surface area contributed by atoms with Crippen molar-refractivity contribution in [3.63, 3.8) is 0 Å². The first-order valence-electron chi connectivity index (χ1n) is 6.17. The van der Waals surface area contributed by atoms with Crippen LogP contribution in [0.3, 0.4) is 0 Å². The van der Waals surface area contributed by atoms with Crippen LogP contribution >= 0.6 is 15.9 Å². The van der Waals surface area contributed by atoms with Gasteiger partial charge in [0.15, 0.2) is 5.75 Å². The smallest absolute Gasteiger partial charge is 0.374 e. The van der Waals surface area contributed by atoms with Gasteiger partial charge in [-0.1, -0.05) is 15.9 Å². The second-order valence-corrected chi connectivity index (χ2v) is 7.14. The molecule has 2 rings (SSSR count). The van der Waals surface area contributed by atoms with Crippen LogP contribution in [0.2, 0.25) is 0 Å². The van der Waals surface area contributed by atoms with Gasteiger partial charge in [-0.15, -0.1) is 0 Å². The highest BCUT2D eigenvalue weighted by Crippen LogP contribution is 2.38. The van der Waals surface area contributed by atoms with Crippen LogP contribution in [0.5, 0.6) is 5.75 Å². The minimum atomic E-state index is -5.67. The predicted octanol–water partition coefficient (Wildman–Crippen LogP) is 3.59. The molecule has 1 aliphatic rings. The molecular weight excluding hydrogens is 375 g/mol. The molecule has 0 atom stereocenters. The standard InChI is InChI=1S/C12H13BrF3NO3S/c1-8-6-11(20-21(18,19)12(14,15)16)10(7-9(8)13)17-4-2-3-5-17/h6-7H,2-5H2,1H3. The monoisotopic (exact) mass is 387 g/mol. The highest BCUT2D eigenvalue weighted by atomic mass is 79.9. The lowest BCUT2D eigenvalue weighted by molar-refractivity contribution is -0.0499. The lowest BCUT2D eigenvalue weighted by Gasteiger charge is -2.22. The second kappa shape index (κ2) is 5.68. The number of rotatable bonds is 3. The zero-order valence-corrected chi connectivity index (χ0v) is 13.5. The Morgan fingerprint density at radius 1 is 1.24 bits per heavy atom. The van der Waals surface area contributed by atoms with Gasteiger partial charge in [0.1, 0.15) is 0 Å². The molecule has 0 bridgehead atoms. The average molecular weight is 388 g/mol. The van der Waals surface area contributed by atoms with Crippen LogP contribution in [0.25, 0.3) is 0 Å². The van der Waals surface area contributed by atoms with E-state index in [1.807, 2.05) is 4.90 Å². The Hall–Kier alpha value is -0.960. The third-order valence-corrected chi connectivity index (χ3v) is 4.99. The summed E-state index contributed by atoms with van der Waals surface area (Å²) in [5, 5.41) is 0. The molecule has 1 aliphatic heterocycles. The Balaban J connectivity index is 2.45. The first kappa shape index (κ1) is 16.4. The van der Waals surface area contributed by atoms with E-state index in [2.05, 4.69) is 20.1 Å². The number of halogens is 4. The van der Waals surface area contributed by atoms with E-state index in [0.29, 0.717) is 28.8 Å². The lowest BCUT2D eigenvalue weighted by Crippen LogP contribution is -2.29. The molecule has 0 amide bonds. The van der Waals surface area contributed by atoms with Crippen LogP contribution in [0, 0.1) is 6.92 Å². The van der Waals surface area contributed by atoms with Gasteiger partial charge >= 0.3 is 15.6 Å². The summed E-state index contributed by atoms with van der Waals surface area (Å²) in [5.74, 6) is -0.296. The molecule has 1 aromatic rings. The van der Waals surface area contributed by atoms with E-state index in [-0.39, 0.29) is 5.75 Å². The molecule has 1 saturated heterocycles. The van der Waals surface area contributed by atoms with Gasteiger partial charge in [-0.2, -0.15) is 21.6 Å². The molecule has 1 aromatic carbocycles. The van der Waals surface area contributed by atoms with E-state index < -0.39 is 15.6 Å². The molecule has 21 heavy (non-hydrogen) atoms. The van der Waals surface area contributed by atoms with Gasteiger partial charge in [-0.05, 0) is 37.5 Å². The molecule has 1 fully saturated rings. The highest BCUT2D eigenvalue weighted by Gasteiger charge is 2.49. The van der Waals surface area contributed by atoms with Crippen molar-refractivity contribution in [3.8, 4) is 5.75 Å². The summed E-state index contributed by atoms with van der Waals surface area (Å²) < 4.78 is 64.8. The Labute approximate surface area is 129 Å². The van der Waals surface area contributed by atoms with Crippen LogP contribution in [-0.4, -0.2) is 27.0 Å². The summed E-state index contributed by atoms with van der Waals surface area (Å²) in [6, 6.07) is 2.88. The van der Waals surface area contributed by atoms with Gasteiger partial charge in [0.2, 0.25) is 0 Å². The number of hydrogen-bond acceptors (Lipinski definition) is 4. The van der Waals surface area contributed by atoms with Crippen molar-refractivity contribution >= 4 is 31.7 Å². The van der Waals surface area contributed by atoms with Crippen LogP contribution < -0.4 is 9.08 Å². The van der Waals surface area contributed by atoms with Crippen LogP contribution in [-0.2, 0) is 10.1 Å². The Morgan fingerprint density at radius 3 is 2.33 bits per heavy atom. The summed E-state index contributed by atoms with van der Waals surface area (Å²) in [4.78, 5) is 1.81. The number of aryl methyl sites for hydroxylation is 1. The van der Waals surface area contributed by atoms with Crippen molar-refractivity contribution in [2.24, 2.45) is 0 Å². The maximum atomic E-state index is 12.5. The van der Waals surface area contributed by atoms with E-state index in [0.717, 1.165) is 12.8 Å². The maximum absolute atomic E-state index is 12.5. The Morgan fingerprint density at radius 2 is 1.81 bits per heavy atom. The molecule has 9 heteroatoms. The first-order chi connectivity index (χ1) is 9.62. The Kier molecular flexibility index (Phi) is 4.44. The maximum Gasteiger partial charge on any atom is 0.534 e. The van der Waals surface area contributed by atoms with E-state index in [1.165, 1.54) is 6.07 Å². The van der Waals surface area contributed by atoms with Gasteiger partial charge in [0.05, 0.1) is 5.69 Å². The van der Waals surface area contributed by atoms with E-state index in [1.54, 1.807) is 13.0 Å². The molecular formula is C12H13BrF3NO3S. The van der Waals surface area contributed by atoms with E-state index in [9.17, 15) is 21.6 Å². The number of anilines is 1. The second-order valence-electron chi connectivity index (χ2n) is 4.75. The van der Waals surface area contributed by atoms with Crippen molar-refractivity contribution < 1.29 is 25.8 Å². The van der Waals surface area contributed by atoms with E-state index in [4.69, 9.17) is 0 Å². The molecule has 4 nitrogen and oxygen atoms in total. The molecule has 0 radical (unpaired) electrons. The molecule has 0 N–H and O–H groups in total. The Bertz CT molecular complexity index is 640. The summed E-state index contributed by atoms with van der Waals surface area (Å²) in [6.07, 6.45) is 1.80. The predicted molar refractivity (Wildman–Crippen MR) is 75.9 cm³/mol. The molecule has 0 unspecified atom stereocenters. The minimum absolute atomic E-state index is 0.296. The van der Waals surface area contributed by atoms with Crippen molar-refractivity contribution in [2.45, 2.75) is 25.3 Å². The largest absolute Gasteiger partial charge is 0.534 e. The number of hydrogen-bond donors (Lipinski definition) is 0. The highest BCUT2D eigenvalue weighted by molar-refractivity contribution is 9.10. The zero-order chi connectivity index (χ0) is 15.8. The van der Waals surface area contributed by atoms with E-state index >= 15 is 0 Å². The van der Waals surface area contributed by atoms with Crippen molar-refractivity contribution in [1.82, 2.24) is 0 Å². The summed E-state index contributed by atoms with van der Waals surface area (Å²) in [5.41, 5.74) is -4.51. The fourth-order valence-electron chi connectivity index (χ4n) is 2.08. The normalized spacial score (nSPS) is 16.3. The minimum Gasteiger partial charge on any atom is -0.374 e. The van der Waals surface area contributed by atoms with Gasteiger partial charge in [-0.3, -0.25) is 0 Å². The van der Waals surface area contributed by atoms with Gasteiger partial charge in [0.25, 0.3) is 0 Å². The molecule has 118 valence electrons. The number of nitrogens with zero attached hydrogens (tertiary/aromatic N) is 1. The third-order valence-electron chi connectivity index (χ3n) is 3.17. The molecule has 0 aromatic heterocycles. The van der Waals surface area contributed by atoms with Crippen molar-refractivity contribution in [1.29, 1.82) is 0 Å². The summed E-state index contributed by atoms with van der Waals surface area (Å²) in [6.45, 7) is 2.95. The topological polar surface area (TPSA) is 46.6 Å². The lowest BCUT2D eigenvalue weighted by atomic mass is 10.2. The van der Waals surface area contributed by atoms with Crippen molar-refractivity contribution in [2.75, 3.05) is 18.0 Å². The van der Waals surface area contributed by atoms with Crippen LogP contribution in [0.1, 0.15) is 18.4 Å². The fraction of sp³-hybridized carbons (Fsp3) is 0.500. The number of alkyl halides is 3. The summed E-state index contributed by atoms with van der Waals surface area (Å²) in [7, 11) is -5.67. The average Bonchev–Trinajstić information content (AvgIpc) is 2.85. The first-order valence-corrected chi connectivity index (χ1v) is 8.38. The van der Waals surface area contributed by atoms with Gasteiger partial charge in [-0.25, -0.2) is 0 Å². The summed E-state index contributed by atoms with van der Waals surface area (Å²) >= 11 is 3.29.